The van der Waals surface area contributed by atoms with E-state index in [1.54, 1.807) is 12.1 Å². The molecule has 0 aromatic heterocycles. The van der Waals surface area contributed by atoms with Crippen molar-refractivity contribution in [2.75, 3.05) is 19.6 Å². The highest BCUT2D eigenvalue weighted by Gasteiger charge is 2.24. The Morgan fingerprint density at radius 3 is 2.50 bits per heavy atom. The SMILES string of the molecule is C[C@@H]1CCN(CCC(C)(C)c2ccc(F)cc2)C1. The number of hydrogen-bond acceptors (Lipinski definition) is 1. The van der Waals surface area contributed by atoms with Crippen LogP contribution in [0.1, 0.15) is 39.2 Å². The molecule has 0 bridgehead atoms. The van der Waals surface area contributed by atoms with Crippen molar-refractivity contribution >= 4 is 0 Å². The first-order valence-corrected chi connectivity index (χ1v) is 6.96. The van der Waals surface area contributed by atoms with Crippen LogP contribution in [0, 0.1) is 11.7 Å². The average molecular weight is 249 g/mol. The van der Waals surface area contributed by atoms with Crippen molar-refractivity contribution in [2.45, 2.75) is 39.0 Å². The Hall–Kier alpha value is -0.890. The van der Waals surface area contributed by atoms with Crippen LogP contribution in [0.5, 0.6) is 0 Å². The van der Waals surface area contributed by atoms with Crippen LogP contribution >= 0.6 is 0 Å². The molecular formula is C16H24FN. The molecule has 0 amide bonds. The molecule has 0 spiro atoms. The summed E-state index contributed by atoms with van der Waals surface area (Å²) in [6.45, 7) is 10.4. The van der Waals surface area contributed by atoms with E-state index in [2.05, 4.69) is 25.7 Å². The number of nitrogens with zero attached hydrogens (tertiary/aromatic N) is 1. The fourth-order valence-electron chi connectivity index (χ4n) is 2.71. The van der Waals surface area contributed by atoms with Crippen LogP contribution in [0.3, 0.4) is 0 Å². The van der Waals surface area contributed by atoms with Crippen molar-refractivity contribution in [3.63, 3.8) is 0 Å². The second-order valence-electron chi connectivity index (χ2n) is 6.34. The molecule has 2 rings (SSSR count). The van der Waals surface area contributed by atoms with Gasteiger partial charge in [-0.1, -0.05) is 32.9 Å². The van der Waals surface area contributed by atoms with Crippen LogP contribution in [0.4, 0.5) is 4.39 Å². The van der Waals surface area contributed by atoms with Crippen molar-refractivity contribution in [1.29, 1.82) is 0 Å². The first-order valence-electron chi connectivity index (χ1n) is 6.96. The van der Waals surface area contributed by atoms with E-state index in [-0.39, 0.29) is 11.2 Å². The zero-order valence-corrected chi connectivity index (χ0v) is 11.7. The largest absolute Gasteiger partial charge is 0.303 e. The average Bonchev–Trinajstić information content (AvgIpc) is 2.73. The van der Waals surface area contributed by atoms with Gasteiger partial charge in [0.15, 0.2) is 0 Å². The molecule has 0 saturated carbocycles. The van der Waals surface area contributed by atoms with Gasteiger partial charge in [-0.15, -0.1) is 0 Å². The lowest BCUT2D eigenvalue weighted by molar-refractivity contribution is 0.289. The smallest absolute Gasteiger partial charge is 0.123 e. The molecule has 18 heavy (non-hydrogen) atoms. The Morgan fingerprint density at radius 1 is 1.28 bits per heavy atom. The van der Waals surface area contributed by atoms with E-state index in [4.69, 9.17) is 0 Å². The lowest BCUT2D eigenvalue weighted by Crippen LogP contribution is -2.28. The highest BCUT2D eigenvalue weighted by molar-refractivity contribution is 5.24. The maximum atomic E-state index is 12.9. The lowest BCUT2D eigenvalue weighted by atomic mass is 9.81. The van der Waals surface area contributed by atoms with Crippen molar-refractivity contribution in [1.82, 2.24) is 4.90 Å². The predicted molar refractivity (Wildman–Crippen MR) is 74.3 cm³/mol. The molecule has 0 N–H and O–H groups in total. The second kappa shape index (κ2) is 5.40. The third-order valence-corrected chi connectivity index (χ3v) is 4.19. The molecule has 0 aliphatic carbocycles. The van der Waals surface area contributed by atoms with E-state index >= 15 is 0 Å². The van der Waals surface area contributed by atoms with Crippen molar-refractivity contribution in [3.05, 3.63) is 35.6 Å². The third-order valence-electron chi connectivity index (χ3n) is 4.19. The molecule has 1 aromatic rings. The van der Waals surface area contributed by atoms with Crippen molar-refractivity contribution in [3.8, 4) is 0 Å². The van der Waals surface area contributed by atoms with Gasteiger partial charge in [0.05, 0.1) is 0 Å². The maximum absolute atomic E-state index is 12.9. The summed E-state index contributed by atoms with van der Waals surface area (Å²) in [4.78, 5) is 2.55. The van der Waals surface area contributed by atoms with Crippen LogP contribution in [-0.2, 0) is 5.41 Å². The van der Waals surface area contributed by atoms with Gasteiger partial charge in [0.2, 0.25) is 0 Å². The molecule has 1 atom stereocenters. The van der Waals surface area contributed by atoms with Gasteiger partial charge in [0.1, 0.15) is 5.82 Å². The van der Waals surface area contributed by atoms with Gasteiger partial charge >= 0.3 is 0 Å². The standard InChI is InChI=1S/C16H24FN/c1-13-8-10-18(12-13)11-9-16(2,3)14-4-6-15(17)7-5-14/h4-7,13H,8-12H2,1-3H3/t13-/m1/s1. The van der Waals surface area contributed by atoms with Gasteiger partial charge < -0.3 is 4.90 Å². The van der Waals surface area contributed by atoms with Crippen LogP contribution in [0.25, 0.3) is 0 Å². The third kappa shape index (κ3) is 3.32. The van der Waals surface area contributed by atoms with E-state index < -0.39 is 0 Å². The summed E-state index contributed by atoms with van der Waals surface area (Å²) >= 11 is 0. The van der Waals surface area contributed by atoms with Gasteiger partial charge in [-0.25, -0.2) is 4.39 Å². The van der Waals surface area contributed by atoms with Crippen LogP contribution in [0.15, 0.2) is 24.3 Å². The van der Waals surface area contributed by atoms with E-state index in [1.165, 1.54) is 25.1 Å². The summed E-state index contributed by atoms with van der Waals surface area (Å²) in [5, 5.41) is 0. The normalized spacial score (nSPS) is 21.4. The highest BCUT2D eigenvalue weighted by atomic mass is 19.1. The molecule has 0 unspecified atom stereocenters. The minimum Gasteiger partial charge on any atom is -0.303 e. The molecule has 1 fully saturated rings. The topological polar surface area (TPSA) is 3.24 Å². The molecule has 2 heteroatoms. The number of halogens is 1. The molecule has 100 valence electrons. The fraction of sp³-hybridized carbons (Fsp3) is 0.625. The van der Waals surface area contributed by atoms with Gasteiger partial charge in [0.25, 0.3) is 0 Å². The molecule has 1 aromatic carbocycles. The Bertz CT molecular complexity index is 383. The van der Waals surface area contributed by atoms with E-state index in [0.717, 1.165) is 18.9 Å². The van der Waals surface area contributed by atoms with Gasteiger partial charge in [-0.3, -0.25) is 0 Å². The first kappa shape index (κ1) is 13.5. The molecule has 1 nitrogen and oxygen atoms in total. The van der Waals surface area contributed by atoms with E-state index in [1.807, 2.05) is 12.1 Å². The Labute approximate surface area is 110 Å². The number of likely N-dealkylation sites (tertiary alicyclic amines) is 1. The van der Waals surface area contributed by atoms with Gasteiger partial charge in [-0.05, 0) is 55.0 Å². The lowest BCUT2D eigenvalue weighted by Gasteiger charge is -2.28. The molecule has 1 saturated heterocycles. The minimum absolute atomic E-state index is 0.125. The Kier molecular flexibility index (Phi) is 4.06. The summed E-state index contributed by atoms with van der Waals surface area (Å²) < 4.78 is 12.9. The first-order chi connectivity index (χ1) is 8.47. The summed E-state index contributed by atoms with van der Waals surface area (Å²) in [7, 11) is 0. The summed E-state index contributed by atoms with van der Waals surface area (Å²) in [6, 6.07) is 6.97. The van der Waals surface area contributed by atoms with Crippen molar-refractivity contribution < 1.29 is 4.39 Å². The Balaban J connectivity index is 1.92. The van der Waals surface area contributed by atoms with Crippen LogP contribution < -0.4 is 0 Å². The zero-order valence-electron chi connectivity index (χ0n) is 11.7. The number of hydrogen-bond donors (Lipinski definition) is 0. The molecular weight excluding hydrogens is 225 g/mol. The monoisotopic (exact) mass is 249 g/mol. The minimum atomic E-state index is -0.150. The molecule has 0 radical (unpaired) electrons. The maximum Gasteiger partial charge on any atom is 0.123 e. The van der Waals surface area contributed by atoms with Crippen LogP contribution in [-0.4, -0.2) is 24.5 Å². The van der Waals surface area contributed by atoms with Gasteiger partial charge in [0, 0.05) is 6.54 Å². The van der Waals surface area contributed by atoms with E-state index in [0.29, 0.717) is 0 Å². The molecule has 1 aliphatic rings. The van der Waals surface area contributed by atoms with E-state index in [9.17, 15) is 4.39 Å². The quantitative estimate of drug-likeness (QED) is 0.783. The van der Waals surface area contributed by atoms with Crippen molar-refractivity contribution in [2.24, 2.45) is 5.92 Å². The number of rotatable bonds is 4. The zero-order chi connectivity index (χ0) is 13.2. The van der Waals surface area contributed by atoms with Crippen LogP contribution in [0.2, 0.25) is 0 Å². The van der Waals surface area contributed by atoms with Gasteiger partial charge in [-0.2, -0.15) is 0 Å². The fourth-order valence-corrected chi connectivity index (χ4v) is 2.71. The predicted octanol–water partition coefficient (Wildman–Crippen LogP) is 3.84. The Morgan fingerprint density at radius 2 is 1.94 bits per heavy atom. The summed E-state index contributed by atoms with van der Waals surface area (Å²) in [5.74, 6) is 0.696. The summed E-state index contributed by atoms with van der Waals surface area (Å²) in [5.41, 5.74) is 1.36. The molecule has 1 heterocycles. The number of benzene rings is 1. The molecule has 1 aliphatic heterocycles. The summed E-state index contributed by atoms with van der Waals surface area (Å²) in [6.07, 6.45) is 2.46. The highest BCUT2D eigenvalue weighted by Crippen LogP contribution is 2.28. The second-order valence-corrected chi connectivity index (χ2v) is 6.34.